The topological polar surface area (TPSA) is 126 Å². The molecule has 0 aliphatic heterocycles. The van der Waals surface area contributed by atoms with Gasteiger partial charge in [-0.3, -0.25) is 9.52 Å². The molecule has 0 bridgehead atoms. The zero-order valence-corrected chi connectivity index (χ0v) is 12.3. The Balaban J connectivity index is 2.53. The van der Waals surface area contributed by atoms with Crippen LogP contribution < -0.4 is 4.72 Å². The Kier molecular flexibility index (Phi) is 4.18. The zero-order valence-electron chi connectivity index (χ0n) is 11.5. The molecule has 1 aromatic heterocycles. The number of anilines is 1. The van der Waals surface area contributed by atoms with E-state index in [4.69, 9.17) is 10.2 Å². The highest BCUT2D eigenvalue weighted by atomic mass is 32.2. The minimum absolute atomic E-state index is 0.0658. The summed E-state index contributed by atoms with van der Waals surface area (Å²) in [4.78, 5) is 22.0. The SMILES string of the molecule is O=C(O)Cn1c(C(=O)O)cc2cc(NS(=O)(=O)C(F)(F)F)ccc21. The average Bonchev–Trinajstić information content (AvgIpc) is 2.74. The third-order valence-corrected chi connectivity index (χ3v) is 4.08. The number of nitrogens with one attached hydrogen (secondary N) is 1. The molecule has 0 aliphatic rings. The van der Waals surface area contributed by atoms with Gasteiger partial charge >= 0.3 is 27.5 Å². The van der Waals surface area contributed by atoms with Crippen molar-refractivity contribution in [1.82, 2.24) is 4.57 Å². The van der Waals surface area contributed by atoms with E-state index in [0.29, 0.717) is 0 Å². The predicted molar refractivity (Wildman–Crippen MR) is 75.1 cm³/mol. The number of rotatable bonds is 5. The molecule has 0 saturated carbocycles. The largest absolute Gasteiger partial charge is 0.516 e. The van der Waals surface area contributed by atoms with Crippen LogP contribution in [0.15, 0.2) is 24.3 Å². The highest BCUT2D eigenvalue weighted by Gasteiger charge is 2.46. The summed E-state index contributed by atoms with van der Waals surface area (Å²) in [7, 11) is -5.63. The van der Waals surface area contributed by atoms with Crippen molar-refractivity contribution in [2.45, 2.75) is 12.1 Å². The average molecular weight is 366 g/mol. The first-order chi connectivity index (χ1) is 10.9. The van der Waals surface area contributed by atoms with Gasteiger partial charge < -0.3 is 14.8 Å². The van der Waals surface area contributed by atoms with Crippen molar-refractivity contribution in [3.8, 4) is 0 Å². The first-order valence-corrected chi connectivity index (χ1v) is 7.58. The van der Waals surface area contributed by atoms with Crippen LogP contribution in [0.25, 0.3) is 10.9 Å². The van der Waals surface area contributed by atoms with Crippen LogP contribution in [0, 0.1) is 0 Å². The van der Waals surface area contributed by atoms with E-state index in [1.807, 2.05) is 0 Å². The number of sulfonamides is 1. The van der Waals surface area contributed by atoms with E-state index in [0.717, 1.165) is 28.8 Å². The Morgan fingerprint density at radius 1 is 1.17 bits per heavy atom. The van der Waals surface area contributed by atoms with E-state index in [1.165, 1.54) is 4.72 Å². The minimum Gasteiger partial charge on any atom is -0.480 e. The normalized spacial score (nSPS) is 12.3. The van der Waals surface area contributed by atoms with Crippen LogP contribution >= 0.6 is 0 Å². The van der Waals surface area contributed by atoms with Crippen LogP contribution in [0.4, 0.5) is 18.9 Å². The number of carboxylic acids is 2. The summed E-state index contributed by atoms with van der Waals surface area (Å²) in [5, 5.41) is 18.0. The van der Waals surface area contributed by atoms with E-state index in [9.17, 15) is 31.2 Å². The van der Waals surface area contributed by atoms with E-state index >= 15 is 0 Å². The van der Waals surface area contributed by atoms with E-state index < -0.39 is 45.4 Å². The number of aromatic carboxylic acids is 1. The number of fused-ring (bicyclic) bond motifs is 1. The van der Waals surface area contributed by atoms with Crippen molar-refractivity contribution >= 4 is 38.6 Å². The van der Waals surface area contributed by atoms with Crippen LogP contribution in [0.3, 0.4) is 0 Å². The number of aromatic nitrogens is 1. The molecule has 0 spiro atoms. The first-order valence-electron chi connectivity index (χ1n) is 6.10. The molecular weight excluding hydrogens is 357 g/mol. The van der Waals surface area contributed by atoms with Gasteiger partial charge in [0.1, 0.15) is 12.2 Å². The highest BCUT2D eigenvalue weighted by molar-refractivity contribution is 7.93. The molecule has 0 amide bonds. The maximum absolute atomic E-state index is 12.4. The smallest absolute Gasteiger partial charge is 0.480 e. The number of carboxylic acid groups (broad SMARTS) is 2. The van der Waals surface area contributed by atoms with Crippen molar-refractivity contribution in [1.29, 1.82) is 0 Å². The molecule has 12 heteroatoms. The molecule has 1 aromatic carbocycles. The summed E-state index contributed by atoms with van der Waals surface area (Å²) >= 11 is 0. The lowest BCUT2D eigenvalue weighted by atomic mass is 10.2. The van der Waals surface area contributed by atoms with Crippen molar-refractivity contribution in [3.63, 3.8) is 0 Å². The zero-order chi connectivity index (χ0) is 18.3. The molecule has 130 valence electrons. The van der Waals surface area contributed by atoms with Gasteiger partial charge in [-0.2, -0.15) is 21.6 Å². The number of alkyl halides is 3. The Morgan fingerprint density at radius 3 is 2.29 bits per heavy atom. The molecule has 0 radical (unpaired) electrons. The van der Waals surface area contributed by atoms with Crippen molar-refractivity contribution in [3.05, 3.63) is 30.0 Å². The van der Waals surface area contributed by atoms with Crippen molar-refractivity contribution in [2.75, 3.05) is 4.72 Å². The number of hydrogen-bond donors (Lipinski definition) is 3. The summed E-state index contributed by atoms with van der Waals surface area (Å²) in [6.45, 7) is -0.682. The number of benzene rings is 1. The third kappa shape index (κ3) is 3.27. The van der Waals surface area contributed by atoms with Gasteiger partial charge in [-0.15, -0.1) is 0 Å². The predicted octanol–water partition coefficient (Wildman–Crippen LogP) is 1.69. The number of halogens is 3. The van der Waals surface area contributed by atoms with Crippen LogP contribution in [0.5, 0.6) is 0 Å². The van der Waals surface area contributed by atoms with Gasteiger partial charge in [0.15, 0.2) is 0 Å². The van der Waals surface area contributed by atoms with Gasteiger partial charge in [0, 0.05) is 16.6 Å². The van der Waals surface area contributed by atoms with Crippen LogP contribution in [-0.2, 0) is 21.4 Å². The van der Waals surface area contributed by atoms with Gasteiger partial charge in [-0.05, 0) is 24.3 Å². The summed E-state index contributed by atoms with van der Waals surface area (Å²) in [6.07, 6.45) is 0. The Labute approximate surface area is 132 Å². The summed E-state index contributed by atoms with van der Waals surface area (Å²) in [5.74, 6) is -2.76. The van der Waals surface area contributed by atoms with Crippen LogP contribution in [-0.4, -0.2) is 40.6 Å². The summed E-state index contributed by atoms with van der Waals surface area (Å²) in [6, 6.07) is 4.10. The minimum atomic E-state index is -5.63. The van der Waals surface area contributed by atoms with Crippen LogP contribution in [0.2, 0.25) is 0 Å². The first kappa shape index (κ1) is 17.6. The Bertz CT molecular complexity index is 932. The van der Waals surface area contributed by atoms with Gasteiger partial charge in [-0.1, -0.05) is 0 Å². The summed E-state index contributed by atoms with van der Waals surface area (Å²) in [5.41, 5.74) is -6.24. The van der Waals surface area contributed by atoms with Crippen LogP contribution in [0.1, 0.15) is 10.5 Å². The number of nitrogens with zero attached hydrogens (tertiary/aromatic N) is 1. The standard InChI is InChI=1S/C12H9F3N2O6S/c13-12(14,15)24(22,23)16-7-1-2-8-6(3-7)4-9(11(20)21)17(8)5-10(18)19/h1-4,16H,5H2,(H,18,19)(H,20,21). The second kappa shape index (κ2) is 5.70. The van der Waals surface area contributed by atoms with Crippen molar-refractivity contribution < 1.29 is 41.4 Å². The highest BCUT2D eigenvalue weighted by Crippen LogP contribution is 2.28. The molecule has 2 rings (SSSR count). The number of aliphatic carboxylic acids is 1. The molecule has 2 aromatic rings. The lowest BCUT2D eigenvalue weighted by molar-refractivity contribution is -0.137. The fraction of sp³-hybridized carbons (Fsp3) is 0.167. The van der Waals surface area contributed by atoms with Crippen molar-refractivity contribution in [2.24, 2.45) is 0 Å². The monoisotopic (exact) mass is 366 g/mol. The molecule has 0 aliphatic carbocycles. The Hall–Kier alpha value is -2.76. The quantitative estimate of drug-likeness (QED) is 0.739. The molecule has 0 fully saturated rings. The lowest BCUT2D eigenvalue weighted by Gasteiger charge is -2.11. The number of hydrogen-bond acceptors (Lipinski definition) is 4. The van der Waals surface area contributed by atoms with Gasteiger partial charge in [0.25, 0.3) is 0 Å². The molecule has 0 atom stereocenters. The van der Waals surface area contributed by atoms with Gasteiger partial charge in [-0.25, -0.2) is 4.79 Å². The number of carbonyl (C=O) groups is 2. The molecule has 8 nitrogen and oxygen atoms in total. The Morgan fingerprint density at radius 2 is 1.79 bits per heavy atom. The molecule has 24 heavy (non-hydrogen) atoms. The third-order valence-electron chi connectivity index (χ3n) is 2.97. The van der Waals surface area contributed by atoms with E-state index in [1.54, 1.807) is 0 Å². The van der Waals surface area contributed by atoms with Gasteiger partial charge in [0.2, 0.25) is 0 Å². The fourth-order valence-electron chi connectivity index (χ4n) is 2.03. The second-order valence-corrected chi connectivity index (χ2v) is 6.31. The second-order valence-electron chi connectivity index (χ2n) is 4.64. The molecule has 0 unspecified atom stereocenters. The maximum Gasteiger partial charge on any atom is 0.516 e. The fourth-order valence-corrected chi connectivity index (χ4v) is 2.58. The molecule has 3 N–H and O–H groups in total. The van der Waals surface area contributed by atoms with E-state index in [-0.39, 0.29) is 10.9 Å². The lowest BCUT2D eigenvalue weighted by Crippen LogP contribution is -2.29. The molecular formula is C12H9F3N2O6S. The summed E-state index contributed by atoms with van der Waals surface area (Å²) < 4.78 is 61.5. The molecule has 0 saturated heterocycles. The molecule has 1 heterocycles. The maximum atomic E-state index is 12.4. The van der Waals surface area contributed by atoms with E-state index in [2.05, 4.69) is 0 Å². The van der Waals surface area contributed by atoms with Gasteiger partial charge in [0.05, 0.1) is 0 Å².